The number of sulfone groups is 2. The van der Waals surface area contributed by atoms with Crippen molar-refractivity contribution in [3.63, 3.8) is 0 Å². The van der Waals surface area contributed by atoms with Crippen LogP contribution in [0.3, 0.4) is 0 Å². The third kappa shape index (κ3) is 3.93. The molecule has 0 bridgehead atoms. The molecule has 0 radical (unpaired) electrons. The lowest BCUT2D eigenvalue weighted by atomic mass is 9.93. The summed E-state index contributed by atoms with van der Waals surface area (Å²) >= 11 is 0. The summed E-state index contributed by atoms with van der Waals surface area (Å²) in [4.78, 5) is 4.39. The van der Waals surface area contributed by atoms with Gasteiger partial charge in [0.15, 0.2) is 19.7 Å². The standard InChI is InChI=1S/C19H23NO5S2/c1-14-5-4-6-16(9-14)27(23,24)19(2)7-8-25-18(11-19)15-10-17(13-20-12-15)26(3,21)22/h4-6,9-10,12-13,18H,7-8,11H2,1-3H3. The van der Waals surface area contributed by atoms with Gasteiger partial charge in [0.1, 0.15) is 0 Å². The van der Waals surface area contributed by atoms with E-state index < -0.39 is 30.5 Å². The van der Waals surface area contributed by atoms with Crippen LogP contribution in [0.2, 0.25) is 0 Å². The molecule has 2 aromatic rings. The molecule has 8 heteroatoms. The second kappa shape index (κ2) is 7.00. The molecule has 1 fully saturated rings. The molecule has 2 atom stereocenters. The highest BCUT2D eigenvalue weighted by atomic mass is 32.2. The normalized spacial score (nSPS) is 23.9. The summed E-state index contributed by atoms with van der Waals surface area (Å²) in [5.74, 6) is 0. The molecule has 6 nitrogen and oxygen atoms in total. The van der Waals surface area contributed by atoms with Crippen molar-refractivity contribution in [2.45, 2.75) is 47.3 Å². The van der Waals surface area contributed by atoms with Crippen LogP contribution in [-0.4, -0.2) is 39.4 Å². The molecular weight excluding hydrogens is 386 g/mol. The SMILES string of the molecule is Cc1cccc(S(=O)(=O)C2(C)CCOC(c3cncc(S(C)(=O)=O)c3)C2)c1. The number of rotatable bonds is 4. The molecular formula is C19H23NO5S2. The van der Waals surface area contributed by atoms with E-state index >= 15 is 0 Å². The Morgan fingerprint density at radius 3 is 2.52 bits per heavy atom. The molecule has 0 N–H and O–H groups in total. The minimum atomic E-state index is -3.58. The zero-order chi connectivity index (χ0) is 19.9. The van der Waals surface area contributed by atoms with Gasteiger partial charge < -0.3 is 4.74 Å². The monoisotopic (exact) mass is 409 g/mol. The van der Waals surface area contributed by atoms with Crippen molar-refractivity contribution >= 4 is 19.7 Å². The fraction of sp³-hybridized carbons (Fsp3) is 0.421. The minimum Gasteiger partial charge on any atom is -0.373 e. The summed E-state index contributed by atoms with van der Waals surface area (Å²) < 4.78 is 55.0. The van der Waals surface area contributed by atoms with E-state index in [2.05, 4.69) is 4.98 Å². The minimum absolute atomic E-state index is 0.0948. The summed E-state index contributed by atoms with van der Waals surface area (Å²) in [6.45, 7) is 3.86. The Morgan fingerprint density at radius 1 is 1.11 bits per heavy atom. The average Bonchev–Trinajstić information content (AvgIpc) is 2.61. The number of aromatic nitrogens is 1. The number of ether oxygens (including phenoxy) is 1. The lowest BCUT2D eigenvalue weighted by Gasteiger charge is -2.37. The van der Waals surface area contributed by atoms with Crippen LogP contribution in [0.15, 0.2) is 52.5 Å². The third-order valence-electron chi connectivity index (χ3n) is 5.05. The molecule has 0 spiro atoms. The van der Waals surface area contributed by atoms with E-state index in [9.17, 15) is 16.8 Å². The van der Waals surface area contributed by atoms with Gasteiger partial charge in [0.2, 0.25) is 0 Å². The van der Waals surface area contributed by atoms with Gasteiger partial charge in [-0.15, -0.1) is 0 Å². The van der Waals surface area contributed by atoms with Gasteiger partial charge in [-0.3, -0.25) is 4.98 Å². The summed E-state index contributed by atoms with van der Waals surface area (Å²) in [5.41, 5.74) is 1.46. The quantitative estimate of drug-likeness (QED) is 0.771. The van der Waals surface area contributed by atoms with E-state index in [0.29, 0.717) is 16.9 Å². The molecule has 0 aliphatic carbocycles. The molecule has 2 unspecified atom stereocenters. The summed E-state index contributed by atoms with van der Waals surface area (Å²) in [6.07, 6.45) is 4.01. The maximum Gasteiger partial charge on any atom is 0.184 e. The molecule has 1 aliphatic heterocycles. The van der Waals surface area contributed by atoms with Gasteiger partial charge >= 0.3 is 0 Å². The van der Waals surface area contributed by atoms with E-state index in [1.54, 1.807) is 25.1 Å². The molecule has 1 aromatic heterocycles. The Morgan fingerprint density at radius 2 is 1.85 bits per heavy atom. The molecule has 1 aliphatic rings. The molecule has 0 saturated carbocycles. The van der Waals surface area contributed by atoms with E-state index in [4.69, 9.17) is 4.74 Å². The van der Waals surface area contributed by atoms with Gasteiger partial charge in [0.05, 0.1) is 20.6 Å². The van der Waals surface area contributed by atoms with E-state index in [1.807, 2.05) is 13.0 Å². The number of benzene rings is 1. The van der Waals surface area contributed by atoms with Crippen LogP contribution in [0.1, 0.15) is 37.0 Å². The number of hydrogen-bond acceptors (Lipinski definition) is 6. The molecule has 0 amide bonds. The van der Waals surface area contributed by atoms with Gasteiger partial charge in [-0.1, -0.05) is 12.1 Å². The van der Waals surface area contributed by atoms with E-state index in [-0.39, 0.29) is 17.9 Å². The zero-order valence-electron chi connectivity index (χ0n) is 15.5. The topological polar surface area (TPSA) is 90.4 Å². The lowest BCUT2D eigenvalue weighted by molar-refractivity contribution is -0.00000301. The predicted octanol–water partition coefficient (Wildman–Crippen LogP) is 2.88. The van der Waals surface area contributed by atoms with Crippen molar-refractivity contribution in [3.05, 3.63) is 53.9 Å². The smallest absolute Gasteiger partial charge is 0.184 e. The van der Waals surface area contributed by atoms with Crippen molar-refractivity contribution in [3.8, 4) is 0 Å². The Labute approximate surface area is 160 Å². The molecule has 1 aromatic carbocycles. The maximum absolute atomic E-state index is 13.3. The van der Waals surface area contributed by atoms with Gasteiger partial charge in [0.25, 0.3) is 0 Å². The number of nitrogens with zero attached hydrogens (tertiary/aromatic N) is 1. The molecule has 146 valence electrons. The Kier molecular flexibility index (Phi) is 5.18. The fourth-order valence-electron chi connectivity index (χ4n) is 3.31. The Hall–Kier alpha value is -1.77. The number of hydrogen-bond donors (Lipinski definition) is 0. The first-order valence-electron chi connectivity index (χ1n) is 8.61. The highest BCUT2D eigenvalue weighted by Gasteiger charge is 2.45. The van der Waals surface area contributed by atoms with Crippen molar-refractivity contribution in [2.75, 3.05) is 12.9 Å². The molecule has 27 heavy (non-hydrogen) atoms. The van der Waals surface area contributed by atoms with E-state index in [0.717, 1.165) is 11.8 Å². The van der Waals surface area contributed by atoms with Crippen LogP contribution in [0, 0.1) is 6.92 Å². The molecule has 1 saturated heterocycles. The predicted molar refractivity (Wildman–Crippen MR) is 102 cm³/mol. The molecule has 3 rings (SSSR count). The number of pyridine rings is 1. The fourth-order valence-corrected chi connectivity index (χ4v) is 5.80. The first-order chi connectivity index (χ1) is 12.5. The summed E-state index contributed by atoms with van der Waals surface area (Å²) in [5, 5.41) is 0. The van der Waals surface area contributed by atoms with Gasteiger partial charge in [-0.25, -0.2) is 16.8 Å². The lowest BCUT2D eigenvalue weighted by Crippen LogP contribution is -2.42. The van der Waals surface area contributed by atoms with Crippen LogP contribution < -0.4 is 0 Å². The summed E-state index contributed by atoms with van der Waals surface area (Å²) in [7, 11) is -6.99. The van der Waals surface area contributed by atoms with Crippen LogP contribution >= 0.6 is 0 Å². The summed E-state index contributed by atoms with van der Waals surface area (Å²) in [6, 6.07) is 8.40. The van der Waals surface area contributed by atoms with E-state index in [1.165, 1.54) is 18.5 Å². The zero-order valence-corrected chi connectivity index (χ0v) is 17.2. The van der Waals surface area contributed by atoms with Crippen LogP contribution in [0.4, 0.5) is 0 Å². The average molecular weight is 410 g/mol. The third-order valence-corrected chi connectivity index (χ3v) is 8.67. The van der Waals surface area contributed by atoms with Crippen molar-refractivity contribution in [1.82, 2.24) is 4.98 Å². The van der Waals surface area contributed by atoms with Crippen molar-refractivity contribution in [2.24, 2.45) is 0 Å². The second-order valence-electron chi connectivity index (χ2n) is 7.31. The maximum atomic E-state index is 13.3. The van der Waals surface area contributed by atoms with Crippen LogP contribution in [-0.2, 0) is 24.4 Å². The van der Waals surface area contributed by atoms with Crippen LogP contribution in [0.5, 0.6) is 0 Å². The van der Waals surface area contributed by atoms with Crippen molar-refractivity contribution in [1.29, 1.82) is 0 Å². The Balaban J connectivity index is 1.96. The first kappa shape index (κ1) is 20.0. The first-order valence-corrected chi connectivity index (χ1v) is 12.0. The van der Waals surface area contributed by atoms with Crippen LogP contribution in [0.25, 0.3) is 0 Å². The number of aryl methyl sites for hydroxylation is 1. The second-order valence-corrected chi connectivity index (χ2v) is 11.8. The van der Waals surface area contributed by atoms with Crippen molar-refractivity contribution < 1.29 is 21.6 Å². The van der Waals surface area contributed by atoms with Gasteiger partial charge in [-0.05, 0) is 50.5 Å². The highest BCUT2D eigenvalue weighted by molar-refractivity contribution is 7.92. The van der Waals surface area contributed by atoms with Gasteiger partial charge in [-0.2, -0.15) is 0 Å². The largest absolute Gasteiger partial charge is 0.373 e. The van der Waals surface area contributed by atoms with Gasteiger partial charge in [0, 0.05) is 30.8 Å². The molecule has 2 heterocycles. The highest BCUT2D eigenvalue weighted by Crippen LogP contribution is 2.42. The Bertz CT molecular complexity index is 1060.